The zero-order valence-corrected chi connectivity index (χ0v) is 19.4. The molecule has 1 aromatic carbocycles. The van der Waals surface area contributed by atoms with Gasteiger partial charge in [0.15, 0.2) is 5.13 Å². The van der Waals surface area contributed by atoms with E-state index in [1.807, 2.05) is 46.5 Å². The summed E-state index contributed by atoms with van der Waals surface area (Å²) in [6, 6.07) is 11.4. The van der Waals surface area contributed by atoms with Gasteiger partial charge in [0.05, 0.1) is 23.5 Å². The number of thiazole rings is 1. The van der Waals surface area contributed by atoms with Crippen LogP contribution in [0.3, 0.4) is 0 Å². The molecule has 9 heteroatoms. The number of nitrogens with zero attached hydrogens (tertiary/aromatic N) is 4. The summed E-state index contributed by atoms with van der Waals surface area (Å²) in [7, 11) is 0. The summed E-state index contributed by atoms with van der Waals surface area (Å²) in [6.07, 6.45) is 6.84. The fourth-order valence-electron chi connectivity index (χ4n) is 3.14. The quantitative estimate of drug-likeness (QED) is 0.449. The Bertz CT molecular complexity index is 1270. The minimum Gasteiger partial charge on any atom is -0.348 e. The van der Waals surface area contributed by atoms with Crippen molar-refractivity contribution in [3.8, 4) is 22.5 Å². The topological polar surface area (TPSA) is 102 Å². The maximum Gasteiger partial charge on any atom is 0.253 e. The summed E-state index contributed by atoms with van der Waals surface area (Å²) in [4.78, 5) is 37.4. The van der Waals surface area contributed by atoms with E-state index in [0.717, 1.165) is 22.5 Å². The van der Waals surface area contributed by atoms with E-state index in [9.17, 15) is 9.59 Å². The summed E-state index contributed by atoms with van der Waals surface area (Å²) >= 11 is 1.33. The molecule has 0 radical (unpaired) electrons. The predicted molar refractivity (Wildman–Crippen MR) is 129 cm³/mol. The van der Waals surface area contributed by atoms with Crippen molar-refractivity contribution < 1.29 is 9.59 Å². The van der Waals surface area contributed by atoms with Gasteiger partial charge in [-0.3, -0.25) is 9.59 Å². The van der Waals surface area contributed by atoms with Gasteiger partial charge in [0.2, 0.25) is 5.91 Å². The molecule has 3 heterocycles. The van der Waals surface area contributed by atoms with Crippen LogP contribution in [-0.4, -0.2) is 37.9 Å². The molecule has 2 N–H and O–H groups in total. The number of hydrogen-bond acceptors (Lipinski definition) is 6. The van der Waals surface area contributed by atoms with Gasteiger partial charge in [0, 0.05) is 40.6 Å². The number of hydrogen-bond donors (Lipinski definition) is 2. The molecule has 0 bridgehead atoms. The van der Waals surface area contributed by atoms with Crippen LogP contribution in [0.1, 0.15) is 31.1 Å². The lowest BCUT2D eigenvalue weighted by Crippen LogP contribution is -2.32. The number of aromatic nitrogens is 4. The summed E-state index contributed by atoms with van der Waals surface area (Å²) < 4.78 is 1.96. The van der Waals surface area contributed by atoms with Gasteiger partial charge in [-0.15, -0.1) is 11.3 Å². The van der Waals surface area contributed by atoms with E-state index < -0.39 is 0 Å². The normalized spacial score (nSPS) is 11.2. The first-order valence-electron chi connectivity index (χ1n) is 10.4. The lowest BCUT2D eigenvalue weighted by atomic mass is 10.1. The number of rotatable bonds is 6. The van der Waals surface area contributed by atoms with Crippen LogP contribution in [0.2, 0.25) is 0 Å². The van der Waals surface area contributed by atoms with E-state index in [2.05, 4.69) is 46.4 Å². The fourth-order valence-corrected chi connectivity index (χ4v) is 3.87. The van der Waals surface area contributed by atoms with Gasteiger partial charge in [-0.05, 0) is 39.0 Å². The number of carbonyl (C=O) groups excluding carboxylic acids is 2. The van der Waals surface area contributed by atoms with Gasteiger partial charge in [0.25, 0.3) is 5.91 Å². The first-order chi connectivity index (χ1) is 15.8. The Labute approximate surface area is 195 Å². The Morgan fingerprint density at radius 1 is 1.09 bits per heavy atom. The van der Waals surface area contributed by atoms with Crippen LogP contribution in [-0.2, 0) is 10.3 Å². The lowest BCUT2D eigenvalue weighted by Gasteiger charge is -2.20. The second-order valence-corrected chi connectivity index (χ2v) is 9.28. The van der Waals surface area contributed by atoms with Gasteiger partial charge in [-0.1, -0.05) is 18.2 Å². The van der Waals surface area contributed by atoms with Gasteiger partial charge in [-0.25, -0.2) is 15.0 Å². The molecule has 0 atom stereocenters. The van der Waals surface area contributed by atoms with E-state index in [1.165, 1.54) is 17.7 Å². The number of amides is 2. The molecule has 0 saturated heterocycles. The van der Waals surface area contributed by atoms with E-state index in [0.29, 0.717) is 10.7 Å². The van der Waals surface area contributed by atoms with Crippen LogP contribution < -0.4 is 10.6 Å². The second-order valence-electron chi connectivity index (χ2n) is 8.42. The first-order valence-corrected chi connectivity index (χ1v) is 11.3. The monoisotopic (exact) mass is 460 g/mol. The summed E-state index contributed by atoms with van der Waals surface area (Å²) in [5, 5.41) is 7.74. The third-order valence-electron chi connectivity index (χ3n) is 4.93. The van der Waals surface area contributed by atoms with Crippen LogP contribution in [0.15, 0.2) is 66.7 Å². The third-order valence-corrected chi connectivity index (χ3v) is 5.68. The average Bonchev–Trinajstić information content (AvgIpc) is 3.48. The van der Waals surface area contributed by atoms with Crippen molar-refractivity contribution in [3.63, 3.8) is 0 Å². The molecule has 0 spiro atoms. The van der Waals surface area contributed by atoms with Crippen LogP contribution in [0.4, 0.5) is 5.13 Å². The minimum absolute atomic E-state index is 0.118. The minimum atomic E-state index is -0.339. The molecule has 168 valence electrons. The van der Waals surface area contributed by atoms with E-state index in [1.54, 1.807) is 18.5 Å². The van der Waals surface area contributed by atoms with Crippen molar-refractivity contribution in [2.24, 2.45) is 0 Å². The highest BCUT2D eigenvalue weighted by Crippen LogP contribution is 2.28. The predicted octanol–water partition coefficient (Wildman–Crippen LogP) is 4.19. The SMILES string of the molecule is CC(C)(C)n1ccc(C(=O)NCC(=O)Nc2nc(-c3cccc(-c4ccncn4)c3)cs2)c1. The number of nitrogens with one attached hydrogen (secondary N) is 2. The van der Waals surface area contributed by atoms with Crippen molar-refractivity contribution in [3.05, 3.63) is 72.3 Å². The Kier molecular flexibility index (Phi) is 6.32. The molecule has 0 fully saturated rings. The number of carbonyl (C=O) groups is 2. The Morgan fingerprint density at radius 3 is 2.58 bits per heavy atom. The van der Waals surface area contributed by atoms with Gasteiger partial charge in [-0.2, -0.15) is 0 Å². The summed E-state index contributed by atoms with van der Waals surface area (Å²) in [5.74, 6) is -0.635. The Balaban J connectivity index is 1.35. The van der Waals surface area contributed by atoms with Gasteiger partial charge in [0.1, 0.15) is 6.33 Å². The zero-order valence-electron chi connectivity index (χ0n) is 18.6. The largest absolute Gasteiger partial charge is 0.348 e. The molecule has 3 aromatic heterocycles. The van der Waals surface area contributed by atoms with E-state index >= 15 is 0 Å². The third kappa shape index (κ3) is 5.50. The van der Waals surface area contributed by atoms with Crippen molar-refractivity contribution in [2.45, 2.75) is 26.3 Å². The van der Waals surface area contributed by atoms with Crippen LogP contribution in [0.5, 0.6) is 0 Å². The molecule has 33 heavy (non-hydrogen) atoms. The number of anilines is 1. The highest BCUT2D eigenvalue weighted by atomic mass is 32.1. The van der Waals surface area contributed by atoms with Crippen molar-refractivity contribution in [1.29, 1.82) is 0 Å². The van der Waals surface area contributed by atoms with Crippen molar-refractivity contribution in [1.82, 2.24) is 24.8 Å². The highest BCUT2D eigenvalue weighted by Gasteiger charge is 2.16. The standard InChI is InChI=1S/C24H24N6O2S/c1-24(2,3)30-10-8-18(13-30)22(32)26-12-21(31)29-23-28-20(14-33-23)17-6-4-5-16(11-17)19-7-9-25-15-27-19/h4-11,13-15H,12H2,1-3H3,(H,26,32)(H,28,29,31). The van der Waals surface area contributed by atoms with Gasteiger partial charge >= 0.3 is 0 Å². The fraction of sp³-hybridized carbons (Fsp3) is 0.208. The zero-order chi connectivity index (χ0) is 23.4. The summed E-state index contributed by atoms with van der Waals surface area (Å²) in [6.45, 7) is 6.02. The summed E-state index contributed by atoms with van der Waals surface area (Å²) in [5.41, 5.74) is 3.84. The maximum atomic E-state index is 12.4. The Hall–Kier alpha value is -3.85. The van der Waals surface area contributed by atoms with E-state index in [4.69, 9.17) is 0 Å². The molecule has 0 saturated carbocycles. The molecule has 0 unspecified atom stereocenters. The van der Waals surface area contributed by atoms with Gasteiger partial charge < -0.3 is 15.2 Å². The molecule has 8 nitrogen and oxygen atoms in total. The van der Waals surface area contributed by atoms with Crippen LogP contribution >= 0.6 is 11.3 Å². The van der Waals surface area contributed by atoms with E-state index in [-0.39, 0.29) is 23.9 Å². The van der Waals surface area contributed by atoms with Crippen molar-refractivity contribution >= 4 is 28.3 Å². The molecule has 4 aromatic rings. The molecule has 0 aliphatic carbocycles. The van der Waals surface area contributed by atoms with Crippen LogP contribution in [0.25, 0.3) is 22.5 Å². The molecule has 4 rings (SSSR count). The molecular formula is C24H24N6O2S. The molecular weight excluding hydrogens is 436 g/mol. The smallest absolute Gasteiger partial charge is 0.253 e. The van der Waals surface area contributed by atoms with Crippen molar-refractivity contribution in [2.75, 3.05) is 11.9 Å². The lowest BCUT2D eigenvalue weighted by molar-refractivity contribution is -0.115. The maximum absolute atomic E-state index is 12.4. The average molecular weight is 461 g/mol. The highest BCUT2D eigenvalue weighted by molar-refractivity contribution is 7.14. The number of benzene rings is 1. The molecule has 2 amide bonds. The molecule has 0 aliphatic heterocycles. The Morgan fingerprint density at radius 2 is 1.88 bits per heavy atom. The second kappa shape index (κ2) is 9.33. The van der Waals surface area contributed by atoms with Crippen LogP contribution in [0, 0.1) is 0 Å². The first kappa shape index (κ1) is 22.3. The molecule has 0 aliphatic rings.